The Labute approximate surface area is 122 Å². The zero-order valence-corrected chi connectivity index (χ0v) is 12.5. The van der Waals surface area contributed by atoms with Crippen molar-refractivity contribution in [2.75, 3.05) is 0 Å². The Morgan fingerprint density at radius 2 is 2.06 bits per heavy atom. The van der Waals surface area contributed by atoms with Crippen LogP contribution in [0.2, 0.25) is 10.0 Å². The molecular weight excluding hydrogens is 343 g/mol. The Morgan fingerprint density at radius 1 is 1.29 bits per heavy atom. The maximum Gasteiger partial charge on any atom is 0.0832 e. The van der Waals surface area contributed by atoms with E-state index in [0.717, 1.165) is 14.9 Å². The Balaban J connectivity index is 2.50. The summed E-state index contributed by atoms with van der Waals surface area (Å²) in [6, 6.07) is 7.37. The molecule has 0 saturated carbocycles. The summed E-state index contributed by atoms with van der Waals surface area (Å²) in [4.78, 5) is 0.953. The quantitative estimate of drug-likeness (QED) is 0.636. The zero-order valence-electron chi connectivity index (χ0n) is 8.58. The fourth-order valence-corrected chi connectivity index (χ4v) is 3.42. The molecule has 17 heavy (non-hydrogen) atoms. The number of nitrogens with two attached hydrogens (primary N) is 1. The molecule has 2 rings (SSSR count). The normalized spacial score (nSPS) is 12.7. The number of hydrogen-bond donors (Lipinski definition) is 2. The summed E-state index contributed by atoms with van der Waals surface area (Å²) in [5.41, 5.74) is 3.65. The van der Waals surface area contributed by atoms with E-state index in [1.807, 2.05) is 29.6 Å². The lowest BCUT2D eigenvalue weighted by molar-refractivity contribution is 0.646. The number of halogens is 3. The highest BCUT2D eigenvalue weighted by atomic mass is 79.9. The highest BCUT2D eigenvalue weighted by molar-refractivity contribution is 9.10. The largest absolute Gasteiger partial charge is 0.271 e. The number of thiophene rings is 1. The first kappa shape index (κ1) is 13.3. The van der Waals surface area contributed by atoms with Gasteiger partial charge in [-0.05, 0) is 39.0 Å². The van der Waals surface area contributed by atoms with Gasteiger partial charge in [0.2, 0.25) is 0 Å². The van der Waals surface area contributed by atoms with Crippen LogP contribution in [0.1, 0.15) is 16.5 Å². The van der Waals surface area contributed by atoms with Gasteiger partial charge in [0.05, 0.1) is 16.1 Å². The van der Waals surface area contributed by atoms with Crippen molar-refractivity contribution >= 4 is 50.5 Å². The van der Waals surface area contributed by atoms with Crippen molar-refractivity contribution in [2.24, 2.45) is 5.84 Å². The second kappa shape index (κ2) is 5.69. The molecule has 1 aromatic heterocycles. The number of benzene rings is 1. The van der Waals surface area contributed by atoms with Crippen molar-refractivity contribution in [3.8, 4) is 0 Å². The highest BCUT2D eigenvalue weighted by Gasteiger charge is 2.20. The lowest BCUT2D eigenvalue weighted by Crippen LogP contribution is -2.28. The van der Waals surface area contributed by atoms with Crippen molar-refractivity contribution < 1.29 is 0 Å². The number of nitrogens with one attached hydrogen (secondary N) is 1. The molecule has 1 aromatic carbocycles. The lowest BCUT2D eigenvalue weighted by Gasteiger charge is -2.17. The van der Waals surface area contributed by atoms with E-state index < -0.39 is 0 Å². The molecular formula is C11H9BrCl2N2S. The van der Waals surface area contributed by atoms with Gasteiger partial charge >= 0.3 is 0 Å². The fourth-order valence-electron chi connectivity index (χ4n) is 1.56. The minimum atomic E-state index is -0.201. The second-order valence-electron chi connectivity index (χ2n) is 3.38. The maximum atomic E-state index is 6.26. The molecule has 0 amide bonds. The maximum absolute atomic E-state index is 6.26. The van der Waals surface area contributed by atoms with Gasteiger partial charge in [0.15, 0.2) is 0 Å². The molecule has 0 bridgehead atoms. The van der Waals surface area contributed by atoms with Crippen molar-refractivity contribution in [1.29, 1.82) is 0 Å². The topological polar surface area (TPSA) is 38.0 Å². The molecule has 0 saturated heterocycles. The third-order valence-electron chi connectivity index (χ3n) is 2.37. The number of hydrazine groups is 1. The molecule has 0 spiro atoms. The first-order valence-electron chi connectivity index (χ1n) is 4.78. The van der Waals surface area contributed by atoms with E-state index in [4.69, 9.17) is 29.0 Å². The van der Waals surface area contributed by atoms with Crippen LogP contribution in [0.5, 0.6) is 0 Å². The molecule has 2 nitrogen and oxygen atoms in total. The lowest BCUT2D eigenvalue weighted by atomic mass is 10.1. The van der Waals surface area contributed by atoms with Gasteiger partial charge in [-0.2, -0.15) is 0 Å². The van der Waals surface area contributed by atoms with Gasteiger partial charge in [0.25, 0.3) is 0 Å². The van der Waals surface area contributed by atoms with Gasteiger partial charge < -0.3 is 0 Å². The predicted octanol–water partition coefficient (Wildman–Crippen LogP) is 4.37. The molecule has 90 valence electrons. The van der Waals surface area contributed by atoms with E-state index in [-0.39, 0.29) is 6.04 Å². The summed E-state index contributed by atoms with van der Waals surface area (Å²) >= 11 is 17.3. The minimum Gasteiger partial charge on any atom is -0.271 e. The molecule has 1 heterocycles. The van der Waals surface area contributed by atoms with E-state index in [2.05, 4.69) is 21.4 Å². The van der Waals surface area contributed by atoms with Gasteiger partial charge in [-0.1, -0.05) is 35.3 Å². The van der Waals surface area contributed by atoms with Crippen LogP contribution >= 0.6 is 50.5 Å². The summed E-state index contributed by atoms with van der Waals surface area (Å²) in [6.45, 7) is 0. The van der Waals surface area contributed by atoms with Crippen molar-refractivity contribution in [2.45, 2.75) is 6.04 Å². The van der Waals surface area contributed by atoms with Crippen LogP contribution in [-0.2, 0) is 0 Å². The molecule has 1 atom stereocenters. The molecule has 2 aromatic rings. The fraction of sp³-hybridized carbons (Fsp3) is 0.0909. The van der Waals surface area contributed by atoms with E-state index in [1.165, 1.54) is 0 Å². The standard InChI is InChI=1S/C11H9BrCl2N2S/c12-7-3-1-2-6(9(7)14)10(16-15)11-8(13)4-5-17-11/h1-5,10,16H,15H2. The summed E-state index contributed by atoms with van der Waals surface area (Å²) in [5.74, 6) is 5.61. The van der Waals surface area contributed by atoms with Crippen LogP contribution in [0.15, 0.2) is 34.1 Å². The Hall–Kier alpha value is -0.100. The van der Waals surface area contributed by atoms with E-state index in [1.54, 1.807) is 11.3 Å². The molecule has 0 aliphatic rings. The van der Waals surface area contributed by atoms with Crippen molar-refractivity contribution in [3.63, 3.8) is 0 Å². The Kier molecular flexibility index (Phi) is 4.47. The SMILES string of the molecule is NNC(c1cccc(Br)c1Cl)c1sccc1Cl. The summed E-state index contributed by atoms with van der Waals surface area (Å²) in [6.07, 6.45) is 0. The van der Waals surface area contributed by atoms with E-state index in [0.29, 0.717) is 10.0 Å². The van der Waals surface area contributed by atoms with Crippen LogP contribution < -0.4 is 11.3 Å². The Bertz CT molecular complexity index is 530. The molecule has 6 heteroatoms. The molecule has 0 aliphatic heterocycles. The second-order valence-corrected chi connectivity index (χ2v) is 5.96. The average Bonchev–Trinajstić information content (AvgIpc) is 2.72. The van der Waals surface area contributed by atoms with Gasteiger partial charge in [-0.15, -0.1) is 11.3 Å². The van der Waals surface area contributed by atoms with Crippen LogP contribution in [-0.4, -0.2) is 0 Å². The average molecular weight is 352 g/mol. The molecule has 1 unspecified atom stereocenters. The van der Waals surface area contributed by atoms with Crippen LogP contribution in [0.3, 0.4) is 0 Å². The van der Waals surface area contributed by atoms with Crippen LogP contribution in [0, 0.1) is 0 Å². The molecule has 0 fully saturated rings. The first-order chi connectivity index (χ1) is 8.15. The summed E-state index contributed by atoms with van der Waals surface area (Å²) < 4.78 is 0.838. The number of hydrogen-bond acceptors (Lipinski definition) is 3. The van der Waals surface area contributed by atoms with Gasteiger partial charge in [0.1, 0.15) is 0 Å². The van der Waals surface area contributed by atoms with E-state index >= 15 is 0 Å². The van der Waals surface area contributed by atoms with Gasteiger partial charge in [-0.3, -0.25) is 5.84 Å². The predicted molar refractivity (Wildman–Crippen MR) is 77.6 cm³/mol. The summed E-state index contributed by atoms with van der Waals surface area (Å²) in [5, 5.41) is 3.25. The third kappa shape index (κ3) is 2.67. The molecule has 0 radical (unpaired) electrons. The highest BCUT2D eigenvalue weighted by Crippen LogP contribution is 2.37. The van der Waals surface area contributed by atoms with Gasteiger partial charge in [0, 0.05) is 9.35 Å². The van der Waals surface area contributed by atoms with Crippen LogP contribution in [0.4, 0.5) is 0 Å². The molecule has 3 N–H and O–H groups in total. The smallest absolute Gasteiger partial charge is 0.0832 e. The molecule has 0 aliphatic carbocycles. The zero-order chi connectivity index (χ0) is 12.4. The van der Waals surface area contributed by atoms with Crippen molar-refractivity contribution in [3.05, 3.63) is 54.6 Å². The van der Waals surface area contributed by atoms with Crippen LogP contribution in [0.25, 0.3) is 0 Å². The van der Waals surface area contributed by atoms with Crippen molar-refractivity contribution in [1.82, 2.24) is 5.43 Å². The number of rotatable bonds is 3. The minimum absolute atomic E-state index is 0.201. The summed E-state index contributed by atoms with van der Waals surface area (Å²) in [7, 11) is 0. The van der Waals surface area contributed by atoms with Gasteiger partial charge in [-0.25, -0.2) is 5.43 Å². The van der Waals surface area contributed by atoms with E-state index in [9.17, 15) is 0 Å². The first-order valence-corrected chi connectivity index (χ1v) is 7.21. The third-order valence-corrected chi connectivity index (χ3v) is 5.10. The Morgan fingerprint density at radius 3 is 2.65 bits per heavy atom. The monoisotopic (exact) mass is 350 g/mol.